The van der Waals surface area contributed by atoms with Gasteiger partial charge in [0.15, 0.2) is 0 Å². The van der Waals surface area contributed by atoms with Crippen LogP contribution in [0.15, 0.2) is 12.4 Å². The molecule has 1 aliphatic heterocycles. The predicted octanol–water partition coefficient (Wildman–Crippen LogP) is 2.11. The van der Waals surface area contributed by atoms with Gasteiger partial charge < -0.3 is 9.64 Å². The molecule has 1 amide bonds. The van der Waals surface area contributed by atoms with Crippen molar-refractivity contribution in [1.29, 1.82) is 0 Å². The van der Waals surface area contributed by atoms with Crippen molar-refractivity contribution < 1.29 is 9.53 Å². The summed E-state index contributed by atoms with van der Waals surface area (Å²) >= 11 is 0. The fourth-order valence-corrected chi connectivity index (χ4v) is 2.44. The van der Waals surface area contributed by atoms with E-state index in [0.717, 1.165) is 31.2 Å². The lowest BCUT2D eigenvalue weighted by molar-refractivity contribution is 0.0564. The van der Waals surface area contributed by atoms with Crippen molar-refractivity contribution >= 4 is 11.8 Å². The first-order valence-electron chi connectivity index (χ1n) is 7.46. The molecule has 118 valence electrons. The molecule has 0 atom stereocenters. The minimum Gasteiger partial charge on any atom is -0.443 e. The Morgan fingerprint density at radius 3 is 2.62 bits per heavy atom. The summed E-state index contributed by atoms with van der Waals surface area (Å²) in [5.74, 6) is 0.762. The second-order valence-electron chi connectivity index (χ2n) is 6.87. The normalized spacial score (nSPS) is 16.6. The van der Waals surface area contributed by atoms with E-state index in [9.17, 15) is 4.79 Å². The summed E-state index contributed by atoms with van der Waals surface area (Å²) in [5.41, 5.74) is 0.281. The summed E-state index contributed by atoms with van der Waals surface area (Å²) in [5, 5.41) is 4.14. The predicted molar refractivity (Wildman–Crippen MR) is 82.4 cm³/mol. The number of aryl methyl sites for hydroxylation is 1. The summed E-state index contributed by atoms with van der Waals surface area (Å²) in [6.45, 7) is 11.6. The second-order valence-corrected chi connectivity index (χ2v) is 6.87. The maximum Gasteiger partial charge on any atom is 0.414 e. The Morgan fingerprint density at radius 2 is 2.14 bits per heavy atom. The Balaban J connectivity index is 2.01. The van der Waals surface area contributed by atoms with Gasteiger partial charge in [0.1, 0.15) is 5.60 Å². The molecule has 6 heteroatoms. The lowest BCUT2D eigenvalue weighted by Crippen LogP contribution is -2.49. The number of nitrogens with zero attached hydrogens (tertiary/aromatic N) is 4. The van der Waals surface area contributed by atoms with Gasteiger partial charge in [-0.2, -0.15) is 5.10 Å². The quantitative estimate of drug-likeness (QED) is 0.853. The van der Waals surface area contributed by atoms with Crippen LogP contribution in [0.3, 0.4) is 0 Å². The zero-order chi connectivity index (χ0) is 15.6. The smallest absolute Gasteiger partial charge is 0.414 e. The zero-order valence-corrected chi connectivity index (χ0v) is 13.7. The van der Waals surface area contributed by atoms with Crippen LogP contribution in [0, 0.1) is 5.92 Å². The van der Waals surface area contributed by atoms with Gasteiger partial charge in [0.05, 0.1) is 11.9 Å². The molecule has 0 aliphatic carbocycles. The standard InChI is InChI=1S/C15H26N4O2/c1-12-9-18(10-12)6-7-19(13-8-16-17(5)11-13)14(20)21-15(2,3)4/h8,11-12H,6-7,9-10H2,1-5H3. The molecular formula is C15H26N4O2. The maximum atomic E-state index is 12.4. The van der Waals surface area contributed by atoms with Crippen LogP contribution in [0.25, 0.3) is 0 Å². The number of likely N-dealkylation sites (tertiary alicyclic amines) is 1. The van der Waals surface area contributed by atoms with Crippen LogP contribution in [0.1, 0.15) is 27.7 Å². The van der Waals surface area contributed by atoms with Crippen molar-refractivity contribution in [1.82, 2.24) is 14.7 Å². The van der Waals surface area contributed by atoms with Gasteiger partial charge in [0.25, 0.3) is 0 Å². The largest absolute Gasteiger partial charge is 0.443 e. The Kier molecular flexibility index (Phi) is 4.56. The SMILES string of the molecule is CC1CN(CCN(C(=O)OC(C)(C)C)c2cnn(C)c2)C1. The summed E-state index contributed by atoms with van der Waals surface area (Å²) in [6.07, 6.45) is 3.22. The van der Waals surface area contributed by atoms with Gasteiger partial charge in [0.2, 0.25) is 0 Å². The molecule has 0 saturated carbocycles. The number of hydrogen-bond donors (Lipinski definition) is 0. The Labute approximate surface area is 126 Å². The molecule has 1 aliphatic rings. The van der Waals surface area contributed by atoms with E-state index in [1.807, 2.05) is 34.0 Å². The molecule has 1 aromatic heterocycles. The topological polar surface area (TPSA) is 50.6 Å². The van der Waals surface area contributed by atoms with Gasteiger partial charge >= 0.3 is 6.09 Å². The number of carbonyl (C=O) groups excluding carboxylic acids is 1. The molecule has 0 unspecified atom stereocenters. The van der Waals surface area contributed by atoms with Gasteiger partial charge in [-0.1, -0.05) is 6.92 Å². The van der Waals surface area contributed by atoms with Crippen molar-refractivity contribution in [2.45, 2.75) is 33.3 Å². The van der Waals surface area contributed by atoms with Gasteiger partial charge in [0, 0.05) is 39.4 Å². The van der Waals surface area contributed by atoms with Gasteiger partial charge in [-0.3, -0.25) is 9.58 Å². The minimum absolute atomic E-state index is 0.316. The van der Waals surface area contributed by atoms with Crippen molar-refractivity contribution in [3.05, 3.63) is 12.4 Å². The Morgan fingerprint density at radius 1 is 1.48 bits per heavy atom. The fraction of sp³-hybridized carbons (Fsp3) is 0.733. The highest BCUT2D eigenvalue weighted by Crippen LogP contribution is 2.19. The van der Waals surface area contributed by atoms with Crippen LogP contribution in [0.5, 0.6) is 0 Å². The fourth-order valence-electron chi connectivity index (χ4n) is 2.44. The number of amides is 1. The lowest BCUT2D eigenvalue weighted by atomic mass is 10.0. The third kappa shape index (κ3) is 4.46. The van der Waals surface area contributed by atoms with Crippen LogP contribution in [-0.4, -0.2) is 52.6 Å². The summed E-state index contributed by atoms with van der Waals surface area (Å²) in [6, 6.07) is 0. The van der Waals surface area contributed by atoms with E-state index >= 15 is 0 Å². The minimum atomic E-state index is -0.497. The zero-order valence-electron chi connectivity index (χ0n) is 13.7. The van der Waals surface area contributed by atoms with E-state index in [2.05, 4.69) is 16.9 Å². The van der Waals surface area contributed by atoms with Crippen LogP contribution in [0.4, 0.5) is 10.5 Å². The molecule has 1 saturated heterocycles. The molecule has 6 nitrogen and oxygen atoms in total. The van der Waals surface area contributed by atoms with Crippen LogP contribution >= 0.6 is 0 Å². The lowest BCUT2D eigenvalue weighted by Gasteiger charge is -2.38. The summed E-state index contributed by atoms with van der Waals surface area (Å²) < 4.78 is 7.19. The summed E-state index contributed by atoms with van der Waals surface area (Å²) in [7, 11) is 1.84. The van der Waals surface area contributed by atoms with E-state index in [0.29, 0.717) is 6.54 Å². The number of aromatic nitrogens is 2. The Bertz CT molecular complexity index is 486. The number of ether oxygens (including phenoxy) is 1. The first-order chi connectivity index (χ1) is 9.74. The monoisotopic (exact) mass is 294 g/mol. The molecule has 1 fully saturated rings. The second kappa shape index (κ2) is 6.05. The molecule has 0 spiro atoms. The van der Waals surface area contributed by atoms with E-state index < -0.39 is 5.60 Å². The maximum absolute atomic E-state index is 12.4. The van der Waals surface area contributed by atoms with Gasteiger partial charge in [-0.05, 0) is 26.7 Å². The average Bonchev–Trinajstić information content (AvgIpc) is 2.71. The molecule has 0 N–H and O–H groups in total. The number of rotatable bonds is 4. The van der Waals surface area contributed by atoms with E-state index in [-0.39, 0.29) is 6.09 Å². The molecule has 0 bridgehead atoms. The van der Waals surface area contributed by atoms with Crippen LogP contribution in [0.2, 0.25) is 0 Å². The van der Waals surface area contributed by atoms with E-state index in [1.165, 1.54) is 0 Å². The highest BCUT2D eigenvalue weighted by atomic mass is 16.6. The average molecular weight is 294 g/mol. The molecule has 2 rings (SSSR count). The third-order valence-electron chi connectivity index (χ3n) is 3.40. The third-order valence-corrected chi connectivity index (χ3v) is 3.40. The van der Waals surface area contributed by atoms with Crippen molar-refractivity contribution in [2.24, 2.45) is 13.0 Å². The van der Waals surface area contributed by atoms with Crippen molar-refractivity contribution in [3.8, 4) is 0 Å². The molecule has 1 aromatic rings. The van der Waals surface area contributed by atoms with Crippen LogP contribution in [-0.2, 0) is 11.8 Å². The Hall–Kier alpha value is -1.56. The molecule has 0 aromatic carbocycles. The number of hydrogen-bond acceptors (Lipinski definition) is 4. The number of anilines is 1. The van der Waals surface area contributed by atoms with Crippen molar-refractivity contribution in [3.63, 3.8) is 0 Å². The molecule has 21 heavy (non-hydrogen) atoms. The van der Waals surface area contributed by atoms with Gasteiger partial charge in [-0.15, -0.1) is 0 Å². The molecule has 0 radical (unpaired) electrons. The molecular weight excluding hydrogens is 268 g/mol. The number of carbonyl (C=O) groups is 1. The summed E-state index contributed by atoms with van der Waals surface area (Å²) in [4.78, 5) is 16.4. The first-order valence-corrected chi connectivity index (χ1v) is 7.46. The van der Waals surface area contributed by atoms with Crippen LogP contribution < -0.4 is 4.90 Å². The first kappa shape index (κ1) is 15.8. The van der Waals surface area contributed by atoms with Crippen molar-refractivity contribution in [2.75, 3.05) is 31.1 Å². The van der Waals surface area contributed by atoms with E-state index in [1.54, 1.807) is 15.8 Å². The highest BCUT2D eigenvalue weighted by Gasteiger charge is 2.27. The van der Waals surface area contributed by atoms with E-state index in [4.69, 9.17) is 4.74 Å². The highest BCUT2D eigenvalue weighted by molar-refractivity contribution is 5.87. The van der Waals surface area contributed by atoms with Gasteiger partial charge in [-0.25, -0.2) is 4.79 Å². The molecule has 2 heterocycles.